The number of rotatable bonds is 4. The predicted molar refractivity (Wildman–Crippen MR) is 53.4 cm³/mol. The van der Waals surface area contributed by atoms with Crippen LogP contribution in [0.4, 0.5) is 0 Å². The van der Waals surface area contributed by atoms with Crippen molar-refractivity contribution in [2.75, 3.05) is 13.1 Å². The van der Waals surface area contributed by atoms with E-state index < -0.39 is 0 Å². The number of carbonyl (C=O) groups excluding carboxylic acids is 1. The summed E-state index contributed by atoms with van der Waals surface area (Å²) >= 11 is 6.18. The normalized spacial score (nSPS) is 8.17. The summed E-state index contributed by atoms with van der Waals surface area (Å²) in [6.07, 6.45) is 0.625. The second-order valence-corrected chi connectivity index (χ2v) is 3.25. The molecule has 0 heterocycles. The number of thiocarbonyl (C=S) groups is 1. The summed E-state index contributed by atoms with van der Waals surface area (Å²) in [5.74, 6) is 0. The van der Waals surface area contributed by atoms with Gasteiger partial charge in [-0.15, -0.1) is 0 Å². The topological polar surface area (TPSA) is 32.3 Å². The van der Waals surface area contributed by atoms with Gasteiger partial charge in [0.25, 0.3) is 0 Å². The van der Waals surface area contributed by atoms with E-state index in [1.54, 1.807) is 0 Å². The first-order chi connectivity index (χ1) is 5.26. The number of nitrogens with zero attached hydrogens (tertiary/aromatic N) is 1. The Balaban J connectivity index is -0.000000500. The Labute approximate surface area is 107 Å². The summed E-state index contributed by atoms with van der Waals surface area (Å²) in [5, 5.41) is 0. The van der Waals surface area contributed by atoms with E-state index in [0.717, 1.165) is 13.1 Å². The first-order valence-electron chi connectivity index (χ1n) is 3.41. The molecule has 12 heavy (non-hydrogen) atoms. The molecule has 0 aliphatic rings. The van der Waals surface area contributed by atoms with Crippen molar-refractivity contribution in [3.63, 3.8) is 0 Å². The summed E-state index contributed by atoms with van der Waals surface area (Å²) < 4.78 is 3.16. The number of amides is 1. The van der Waals surface area contributed by atoms with Crippen LogP contribution in [0.2, 0.25) is 0 Å². The average Bonchev–Trinajstić information content (AvgIpc) is 2.03. The van der Waals surface area contributed by atoms with Gasteiger partial charge in [-0.2, -0.15) is 0 Å². The number of hydrogen-bond acceptors (Lipinski definition) is 3. The quantitative estimate of drug-likeness (QED) is 0.258. The molecule has 0 bridgehead atoms. The fourth-order valence-electron chi connectivity index (χ4n) is 0.621. The third kappa shape index (κ3) is 6.25. The minimum atomic E-state index is 0. The van der Waals surface area contributed by atoms with Gasteiger partial charge >= 0.3 is 29.6 Å². The Kier molecular flexibility index (Phi) is 12.4. The predicted octanol–water partition coefficient (Wildman–Crippen LogP) is -1.88. The van der Waals surface area contributed by atoms with Crippen LogP contribution in [-0.2, 0) is 4.79 Å². The van der Waals surface area contributed by atoms with Gasteiger partial charge in [0.15, 0.2) is 4.32 Å². The standard InChI is InChI=1S/C6H12N2OS2.Na.H/c1-3-8(4-2)6(10)11-7-5-9;;/h5H,3-4H2,1-2H3,(H,7,9);;/q;+1;-1. The molecular weight excluding hydrogens is 203 g/mol. The fourth-order valence-corrected chi connectivity index (χ4v) is 1.56. The van der Waals surface area contributed by atoms with Crippen molar-refractivity contribution in [2.24, 2.45) is 0 Å². The molecule has 3 nitrogen and oxygen atoms in total. The van der Waals surface area contributed by atoms with Gasteiger partial charge in [0, 0.05) is 25.0 Å². The largest absolute Gasteiger partial charge is 1.00 e. The molecule has 0 unspecified atom stereocenters. The van der Waals surface area contributed by atoms with Gasteiger partial charge in [-0.3, -0.25) is 9.52 Å². The third-order valence-electron chi connectivity index (χ3n) is 1.22. The molecule has 0 atom stereocenters. The zero-order chi connectivity index (χ0) is 8.69. The molecule has 0 aliphatic heterocycles. The summed E-state index contributed by atoms with van der Waals surface area (Å²) in [6.45, 7) is 5.81. The van der Waals surface area contributed by atoms with Crippen LogP contribution >= 0.6 is 24.2 Å². The van der Waals surface area contributed by atoms with E-state index in [4.69, 9.17) is 12.2 Å². The summed E-state index contributed by atoms with van der Waals surface area (Å²) in [5.41, 5.74) is 0. The SMILES string of the molecule is CCN(CC)C(=S)SNC=O.[H-].[Na+]. The molecule has 0 rings (SSSR count). The van der Waals surface area contributed by atoms with Crippen molar-refractivity contribution in [3.8, 4) is 0 Å². The molecule has 0 radical (unpaired) electrons. The van der Waals surface area contributed by atoms with Gasteiger partial charge < -0.3 is 6.33 Å². The number of nitrogens with one attached hydrogen (secondary N) is 1. The molecule has 0 aliphatic carbocycles. The van der Waals surface area contributed by atoms with Crippen LogP contribution in [0.15, 0.2) is 0 Å². The van der Waals surface area contributed by atoms with Gasteiger partial charge in [-0.25, -0.2) is 0 Å². The molecule has 0 spiro atoms. The van der Waals surface area contributed by atoms with Crippen molar-refractivity contribution in [1.82, 2.24) is 9.62 Å². The zero-order valence-electron chi connectivity index (χ0n) is 8.66. The maximum atomic E-state index is 9.90. The zero-order valence-corrected chi connectivity index (χ0v) is 11.3. The first kappa shape index (κ1) is 15.2. The smallest absolute Gasteiger partial charge is 1.00 e. The minimum absolute atomic E-state index is 0. The monoisotopic (exact) mass is 216 g/mol. The molecule has 0 saturated heterocycles. The Hall–Kier alpha value is 0.710. The first-order valence-corrected chi connectivity index (χ1v) is 4.63. The van der Waals surface area contributed by atoms with Crippen molar-refractivity contribution in [3.05, 3.63) is 0 Å². The molecule has 1 N–H and O–H groups in total. The molecule has 6 heteroatoms. The van der Waals surface area contributed by atoms with Gasteiger partial charge in [0.2, 0.25) is 6.41 Å². The van der Waals surface area contributed by atoms with Crippen molar-refractivity contribution in [1.29, 1.82) is 0 Å². The molecule has 0 aromatic rings. The number of hydrogen-bond donors (Lipinski definition) is 1. The van der Waals surface area contributed by atoms with Crippen LogP contribution < -0.4 is 34.3 Å². The third-order valence-corrected chi connectivity index (χ3v) is 2.37. The maximum Gasteiger partial charge on any atom is 1.00 e. The molecular formula is C6H13N2NaOS2. The van der Waals surface area contributed by atoms with E-state index in [0.29, 0.717) is 10.7 Å². The van der Waals surface area contributed by atoms with Gasteiger partial charge in [-0.05, 0) is 13.8 Å². The average molecular weight is 216 g/mol. The van der Waals surface area contributed by atoms with E-state index >= 15 is 0 Å². The molecule has 0 saturated carbocycles. The van der Waals surface area contributed by atoms with Crippen LogP contribution in [0.25, 0.3) is 0 Å². The van der Waals surface area contributed by atoms with Crippen molar-refractivity contribution < 1.29 is 35.8 Å². The van der Waals surface area contributed by atoms with Crippen LogP contribution in [0.1, 0.15) is 15.3 Å². The van der Waals surface area contributed by atoms with E-state index in [2.05, 4.69) is 4.72 Å². The van der Waals surface area contributed by atoms with Crippen LogP contribution in [-0.4, -0.2) is 28.7 Å². The molecule has 66 valence electrons. The van der Waals surface area contributed by atoms with Gasteiger partial charge in [0.1, 0.15) is 0 Å². The fraction of sp³-hybridized carbons (Fsp3) is 0.667. The van der Waals surface area contributed by atoms with Crippen molar-refractivity contribution in [2.45, 2.75) is 13.8 Å². The Morgan fingerprint density at radius 3 is 2.50 bits per heavy atom. The van der Waals surface area contributed by atoms with E-state index in [9.17, 15) is 4.79 Å². The molecule has 0 aromatic heterocycles. The summed E-state index contributed by atoms with van der Waals surface area (Å²) in [4.78, 5) is 11.9. The van der Waals surface area contributed by atoms with Crippen LogP contribution in [0.3, 0.4) is 0 Å². The Morgan fingerprint density at radius 1 is 1.67 bits per heavy atom. The van der Waals surface area contributed by atoms with E-state index in [-0.39, 0.29) is 31.0 Å². The Bertz CT molecular complexity index is 147. The van der Waals surface area contributed by atoms with E-state index in [1.807, 2.05) is 18.7 Å². The Morgan fingerprint density at radius 2 is 2.17 bits per heavy atom. The van der Waals surface area contributed by atoms with Gasteiger partial charge in [-0.1, -0.05) is 12.2 Å². The molecule has 1 amide bonds. The summed E-state index contributed by atoms with van der Waals surface area (Å²) in [6, 6.07) is 0. The van der Waals surface area contributed by atoms with E-state index in [1.165, 1.54) is 11.9 Å². The molecule has 0 aromatic carbocycles. The van der Waals surface area contributed by atoms with Crippen LogP contribution in [0.5, 0.6) is 0 Å². The van der Waals surface area contributed by atoms with Crippen LogP contribution in [0, 0.1) is 0 Å². The number of carbonyl (C=O) groups is 1. The maximum absolute atomic E-state index is 9.90. The van der Waals surface area contributed by atoms with Gasteiger partial charge in [0.05, 0.1) is 0 Å². The molecule has 0 fully saturated rings. The second kappa shape index (κ2) is 9.80. The van der Waals surface area contributed by atoms with Crippen molar-refractivity contribution >= 4 is 34.9 Å². The summed E-state index contributed by atoms with van der Waals surface area (Å²) in [7, 11) is 0. The second-order valence-electron chi connectivity index (χ2n) is 1.78. The minimum Gasteiger partial charge on any atom is -1.00 e.